The SMILES string of the molecule is CCCCCc1cc2c(CCCCCCC(C)(C)C)cccc2nc1N. The van der Waals surface area contributed by atoms with Crippen molar-refractivity contribution in [2.45, 2.75) is 91.9 Å². The highest BCUT2D eigenvalue weighted by Gasteiger charge is 2.10. The molecule has 2 aromatic rings. The maximum atomic E-state index is 6.20. The van der Waals surface area contributed by atoms with Crippen LogP contribution in [0.25, 0.3) is 10.9 Å². The number of hydrogen-bond donors (Lipinski definition) is 1. The smallest absolute Gasteiger partial charge is 0.127 e. The Hall–Kier alpha value is -1.57. The summed E-state index contributed by atoms with van der Waals surface area (Å²) in [6.45, 7) is 9.24. The topological polar surface area (TPSA) is 38.9 Å². The highest BCUT2D eigenvalue weighted by atomic mass is 14.8. The average molecular weight is 355 g/mol. The van der Waals surface area contributed by atoms with Crippen molar-refractivity contribution in [3.05, 3.63) is 35.4 Å². The van der Waals surface area contributed by atoms with Crippen molar-refractivity contribution < 1.29 is 0 Å². The van der Waals surface area contributed by atoms with E-state index in [0.717, 1.165) is 18.4 Å². The predicted molar refractivity (Wildman–Crippen MR) is 116 cm³/mol. The minimum atomic E-state index is 0.468. The number of nitrogen functional groups attached to an aromatic ring is 1. The van der Waals surface area contributed by atoms with Crippen LogP contribution in [0.2, 0.25) is 0 Å². The van der Waals surface area contributed by atoms with Crippen molar-refractivity contribution >= 4 is 16.7 Å². The fraction of sp³-hybridized carbons (Fsp3) is 0.625. The third kappa shape index (κ3) is 6.63. The molecule has 2 rings (SSSR count). The van der Waals surface area contributed by atoms with Gasteiger partial charge in [0.25, 0.3) is 0 Å². The summed E-state index contributed by atoms with van der Waals surface area (Å²) in [4.78, 5) is 4.68. The van der Waals surface area contributed by atoms with Crippen LogP contribution in [0.5, 0.6) is 0 Å². The number of nitrogens with two attached hydrogens (primary N) is 1. The summed E-state index contributed by atoms with van der Waals surface area (Å²) in [5.41, 5.74) is 10.4. The van der Waals surface area contributed by atoms with Gasteiger partial charge in [-0.3, -0.25) is 0 Å². The first-order chi connectivity index (χ1) is 12.4. The lowest BCUT2D eigenvalue weighted by atomic mass is 9.89. The third-order valence-electron chi connectivity index (χ3n) is 5.23. The number of benzene rings is 1. The van der Waals surface area contributed by atoms with Gasteiger partial charge in [0.15, 0.2) is 0 Å². The second kappa shape index (κ2) is 9.94. The molecule has 0 bridgehead atoms. The molecule has 2 N–H and O–H groups in total. The van der Waals surface area contributed by atoms with Crippen LogP contribution in [0.3, 0.4) is 0 Å². The zero-order chi connectivity index (χ0) is 19.0. The molecule has 2 nitrogen and oxygen atoms in total. The van der Waals surface area contributed by atoms with Crippen LogP contribution in [-0.2, 0) is 12.8 Å². The third-order valence-corrected chi connectivity index (χ3v) is 5.23. The highest BCUT2D eigenvalue weighted by molar-refractivity contribution is 5.84. The minimum absolute atomic E-state index is 0.468. The van der Waals surface area contributed by atoms with Gasteiger partial charge in [-0.05, 0) is 60.8 Å². The van der Waals surface area contributed by atoms with E-state index in [1.54, 1.807) is 0 Å². The Morgan fingerprint density at radius 2 is 1.58 bits per heavy atom. The molecule has 1 heterocycles. The lowest BCUT2D eigenvalue weighted by Crippen LogP contribution is -2.04. The fourth-order valence-corrected chi connectivity index (χ4v) is 3.62. The van der Waals surface area contributed by atoms with Crippen LogP contribution in [0, 0.1) is 5.41 Å². The van der Waals surface area contributed by atoms with E-state index in [2.05, 4.69) is 56.9 Å². The number of pyridine rings is 1. The van der Waals surface area contributed by atoms with Gasteiger partial charge >= 0.3 is 0 Å². The van der Waals surface area contributed by atoms with Crippen molar-refractivity contribution in [2.75, 3.05) is 5.73 Å². The number of hydrogen-bond acceptors (Lipinski definition) is 2. The molecular weight excluding hydrogens is 316 g/mol. The number of anilines is 1. The van der Waals surface area contributed by atoms with E-state index in [-0.39, 0.29) is 0 Å². The quantitative estimate of drug-likeness (QED) is 0.463. The summed E-state index contributed by atoms with van der Waals surface area (Å²) in [7, 11) is 0. The fourth-order valence-electron chi connectivity index (χ4n) is 3.62. The highest BCUT2D eigenvalue weighted by Crippen LogP contribution is 2.26. The summed E-state index contributed by atoms with van der Waals surface area (Å²) in [5, 5.41) is 1.31. The number of rotatable bonds is 10. The van der Waals surface area contributed by atoms with E-state index in [0.29, 0.717) is 11.2 Å². The Bertz CT molecular complexity index is 682. The summed E-state index contributed by atoms with van der Waals surface area (Å²) < 4.78 is 0. The van der Waals surface area contributed by atoms with Crippen molar-refractivity contribution in [3.63, 3.8) is 0 Å². The second-order valence-corrected chi connectivity index (χ2v) is 8.95. The minimum Gasteiger partial charge on any atom is -0.383 e. The molecule has 0 aliphatic carbocycles. The van der Waals surface area contributed by atoms with E-state index in [1.807, 2.05) is 0 Å². The standard InChI is InChI=1S/C24H38N2/c1-5-6-9-14-20-18-21-19(15-12-16-22(21)26-23(20)25)13-10-7-8-11-17-24(2,3)4/h12,15-16,18H,5-11,13-14,17H2,1-4H3,(H2,25,26). The van der Waals surface area contributed by atoms with Crippen molar-refractivity contribution in [3.8, 4) is 0 Å². The molecule has 0 aliphatic heterocycles. The van der Waals surface area contributed by atoms with Crippen LogP contribution in [0.1, 0.15) is 90.2 Å². The Balaban J connectivity index is 1.97. The van der Waals surface area contributed by atoms with Gasteiger partial charge < -0.3 is 5.73 Å². The molecule has 0 spiro atoms. The summed E-state index contributed by atoms with van der Waals surface area (Å²) in [6, 6.07) is 8.79. The van der Waals surface area contributed by atoms with Gasteiger partial charge in [0, 0.05) is 5.39 Å². The molecule has 0 radical (unpaired) electrons. The Labute approximate surface area is 160 Å². The molecule has 0 unspecified atom stereocenters. The molecule has 2 heteroatoms. The van der Waals surface area contributed by atoms with Crippen molar-refractivity contribution in [1.82, 2.24) is 4.98 Å². The molecule has 0 aliphatic rings. The van der Waals surface area contributed by atoms with Crippen LogP contribution in [0.15, 0.2) is 24.3 Å². The van der Waals surface area contributed by atoms with Gasteiger partial charge in [-0.2, -0.15) is 0 Å². The van der Waals surface area contributed by atoms with Gasteiger partial charge in [0.1, 0.15) is 5.82 Å². The molecule has 1 aromatic heterocycles. The van der Waals surface area contributed by atoms with Crippen LogP contribution < -0.4 is 5.73 Å². The molecule has 26 heavy (non-hydrogen) atoms. The molecule has 144 valence electrons. The average Bonchev–Trinajstić information content (AvgIpc) is 2.58. The summed E-state index contributed by atoms with van der Waals surface area (Å²) in [5.74, 6) is 0.716. The molecule has 0 amide bonds. The van der Waals surface area contributed by atoms with E-state index in [4.69, 9.17) is 5.73 Å². The van der Waals surface area contributed by atoms with Gasteiger partial charge in [-0.25, -0.2) is 4.98 Å². The number of fused-ring (bicyclic) bond motifs is 1. The van der Waals surface area contributed by atoms with E-state index in [9.17, 15) is 0 Å². The summed E-state index contributed by atoms with van der Waals surface area (Å²) >= 11 is 0. The number of aromatic nitrogens is 1. The number of aryl methyl sites for hydroxylation is 2. The van der Waals surface area contributed by atoms with Crippen LogP contribution >= 0.6 is 0 Å². The molecule has 0 atom stereocenters. The lowest BCUT2D eigenvalue weighted by Gasteiger charge is -2.17. The predicted octanol–water partition coefficient (Wildman–Crippen LogP) is 7.09. The van der Waals surface area contributed by atoms with Gasteiger partial charge in [0.05, 0.1) is 5.52 Å². The summed E-state index contributed by atoms with van der Waals surface area (Å²) in [6.07, 6.45) is 12.5. The normalized spacial score (nSPS) is 12.0. The Morgan fingerprint density at radius 3 is 2.31 bits per heavy atom. The van der Waals surface area contributed by atoms with Gasteiger partial charge in [0.2, 0.25) is 0 Å². The van der Waals surface area contributed by atoms with Crippen molar-refractivity contribution in [1.29, 1.82) is 0 Å². The zero-order valence-electron chi connectivity index (χ0n) is 17.4. The van der Waals surface area contributed by atoms with E-state index < -0.39 is 0 Å². The largest absolute Gasteiger partial charge is 0.383 e. The lowest BCUT2D eigenvalue weighted by molar-refractivity contribution is 0.357. The van der Waals surface area contributed by atoms with Crippen LogP contribution in [-0.4, -0.2) is 4.98 Å². The first kappa shape index (κ1) is 20.7. The number of unbranched alkanes of at least 4 members (excludes halogenated alkanes) is 5. The Kier molecular flexibility index (Phi) is 7.93. The maximum Gasteiger partial charge on any atom is 0.127 e. The molecule has 0 saturated heterocycles. The van der Waals surface area contributed by atoms with Crippen molar-refractivity contribution in [2.24, 2.45) is 5.41 Å². The number of nitrogens with zero attached hydrogens (tertiary/aromatic N) is 1. The maximum absolute atomic E-state index is 6.20. The van der Waals surface area contributed by atoms with Crippen LogP contribution in [0.4, 0.5) is 5.82 Å². The van der Waals surface area contributed by atoms with E-state index in [1.165, 1.54) is 67.9 Å². The first-order valence-corrected chi connectivity index (χ1v) is 10.6. The van der Waals surface area contributed by atoms with Gasteiger partial charge in [-0.1, -0.05) is 71.9 Å². The Morgan fingerprint density at radius 1 is 0.885 bits per heavy atom. The molecule has 0 fully saturated rings. The zero-order valence-corrected chi connectivity index (χ0v) is 17.4. The first-order valence-electron chi connectivity index (χ1n) is 10.6. The van der Waals surface area contributed by atoms with Gasteiger partial charge in [-0.15, -0.1) is 0 Å². The monoisotopic (exact) mass is 354 g/mol. The second-order valence-electron chi connectivity index (χ2n) is 8.95. The molecule has 0 saturated carbocycles. The molecule has 1 aromatic carbocycles. The van der Waals surface area contributed by atoms with E-state index >= 15 is 0 Å². The molecular formula is C24H38N2.